The van der Waals surface area contributed by atoms with Gasteiger partial charge < -0.3 is 5.73 Å². The number of anilines is 1. The van der Waals surface area contributed by atoms with Gasteiger partial charge in [0, 0.05) is 11.6 Å². The first kappa shape index (κ1) is 14.1. The van der Waals surface area contributed by atoms with Crippen LogP contribution in [0.2, 0.25) is 0 Å². The van der Waals surface area contributed by atoms with E-state index in [4.69, 9.17) is 5.73 Å². The summed E-state index contributed by atoms with van der Waals surface area (Å²) in [7, 11) is -2.94. The minimum atomic E-state index is -2.94. The van der Waals surface area contributed by atoms with E-state index < -0.39 is 9.84 Å². The summed E-state index contributed by atoms with van der Waals surface area (Å²) in [6, 6.07) is 7.82. The highest BCUT2D eigenvalue weighted by Gasteiger charge is 2.31. The van der Waals surface area contributed by atoms with Crippen molar-refractivity contribution in [2.24, 2.45) is 0 Å². The summed E-state index contributed by atoms with van der Waals surface area (Å²) in [6.45, 7) is 4.12. The summed E-state index contributed by atoms with van der Waals surface area (Å²) in [6.07, 6.45) is 0.584. The maximum Gasteiger partial charge on any atom is 0.152 e. The van der Waals surface area contributed by atoms with Gasteiger partial charge in [-0.3, -0.25) is 0 Å². The molecule has 1 atom stereocenters. The molecule has 112 valence electrons. The van der Waals surface area contributed by atoms with Gasteiger partial charge in [0.25, 0.3) is 0 Å². The van der Waals surface area contributed by atoms with Gasteiger partial charge in [-0.05, 0) is 37.5 Å². The van der Waals surface area contributed by atoms with E-state index in [0.29, 0.717) is 12.2 Å². The molecule has 2 N–H and O–H groups in total. The van der Waals surface area contributed by atoms with Gasteiger partial charge in [0.15, 0.2) is 9.84 Å². The van der Waals surface area contributed by atoms with Crippen molar-refractivity contribution in [3.8, 4) is 11.3 Å². The number of aryl methyl sites for hydroxylation is 2. The molecule has 1 aromatic heterocycles. The highest BCUT2D eigenvalue weighted by atomic mass is 32.2. The molecule has 0 unspecified atom stereocenters. The first-order chi connectivity index (χ1) is 9.85. The van der Waals surface area contributed by atoms with Crippen LogP contribution in [0.3, 0.4) is 0 Å². The van der Waals surface area contributed by atoms with Crippen molar-refractivity contribution >= 4 is 15.7 Å². The maximum absolute atomic E-state index is 11.6. The first-order valence-electron chi connectivity index (χ1n) is 6.99. The number of aromatic nitrogens is 2. The molecule has 0 saturated carbocycles. The Balaban J connectivity index is 1.96. The molecule has 0 bridgehead atoms. The molecule has 1 aliphatic rings. The molecule has 1 aromatic carbocycles. The number of hydrogen-bond acceptors (Lipinski definition) is 4. The summed E-state index contributed by atoms with van der Waals surface area (Å²) in [4.78, 5) is 0. The van der Waals surface area contributed by atoms with Gasteiger partial charge in [0.2, 0.25) is 0 Å². The Morgan fingerprint density at radius 2 is 2.00 bits per heavy atom. The zero-order valence-corrected chi connectivity index (χ0v) is 13.0. The quantitative estimate of drug-likeness (QED) is 0.921. The third kappa shape index (κ3) is 2.68. The lowest BCUT2D eigenvalue weighted by Crippen LogP contribution is -2.14. The number of nitrogens with zero attached hydrogens (tertiary/aromatic N) is 2. The van der Waals surface area contributed by atoms with Crippen molar-refractivity contribution in [2.45, 2.75) is 26.3 Å². The number of nitrogens with two attached hydrogens (primary N) is 1. The van der Waals surface area contributed by atoms with Gasteiger partial charge in [-0.25, -0.2) is 13.1 Å². The van der Waals surface area contributed by atoms with Crippen LogP contribution in [0.4, 0.5) is 5.82 Å². The molecule has 3 rings (SSSR count). The molecule has 0 spiro atoms. The summed E-state index contributed by atoms with van der Waals surface area (Å²) >= 11 is 0. The fourth-order valence-corrected chi connectivity index (χ4v) is 4.40. The van der Waals surface area contributed by atoms with Crippen molar-refractivity contribution in [2.75, 3.05) is 17.2 Å². The van der Waals surface area contributed by atoms with Crippen molar-refractivity contribution in [1.29, 1.82) is 0 Å². The van der Waals surface area contributed by atoms with Crippen LogP contribution in [0.1, 0.15) is 23.6 Å². The minimum Gasteiger partial charge on any atom is -0.384 e. The van der Waals surface area contributed by atoms with Crippen LogP contribution in [0.5, 0.6) is 0 Å². The van der Waals surface area contributed by atoms with Gasteiger partial charge in [-0.15, -0.1) is 0 Å². The van der Waals surface area contributed by atoms with Crippen LogP contribution < -0.4 is 5.73 Å². The molecule has 5 nitrogen and oxygen atoms in total. The molecule has 0 radical (unpaired) electrons. The number of benzene rings is 1. The Hall–Kier alpha value is -1.82. The van der Waals surface area contributed by atoms with E-state index in [0.717, 1.165) is 11.3 Å². The average Bonchev–Trinajstić information content (AvgIpc) is 2.95. The molecule has 2 aromatic rings. The predicted molar refractivity (Wildman–Crippen MR) is 83.9 cm³/mol. The van der Waals surface area contributed by atoms with Crippen LogP contribution in [0, 0.1) is 13.8 Å². The van der Waals surface area contributed by atoms with Gasteiger partial charge in [0.1, 0.15) is 5.82 Å². The predicted octanol–water partition coefficient (Wildman–Crippen LogP) is 2.11. The Kier molecular flexibility index (Phi) is 3.28. The van der Waals surface area contributed by atoms with E-state index in [-0.39, 0.29) is 17.5 Å². The molecule has 6 heteroatoms. The number of nitrogen functional groups attached to an aromatic ring is 1. The lowest BCUT2D eigenvalue weighted by atomic mass is 10.0. The molecule has 1 saturated heterocycles. The zero-order chi connectivity index (χ0) is 15.2. The number of rotatable bonds is 2. The highest BCUT2D eigenvalue weighted by Crippen LogP contribution is 2.29. The Labute approximate surface area is 124 Å². The fraction of sp³-hybridized carbons (Fsp3) is 0.400. The zero-order valence-electron chi connectivity index (χ0n) is 12.2. The molecule has 2 heterocycles. The molecule has 21 heavy (non-hydrogen) atoms. The SMILES string of the molecule is Cc1ccc(-c2cc(N)n([C@@H]3CCS(=O)(=O)C3)n2)cc1C. The summed E-state index contributed by atoms with van der Waals surface area (Å²) in [5, 5.41) is 4.53. The highest BCUT2D eigenvalue weighted by molar-refractivity contribution is 7.91. The lowest BCUT2D eigenvalue weighted by molar-refractivity contribution is 0.508. The second-order valence-corrected chi connectivity index (χ2v) is 7.98. The minimum absolute atomic E-state index is 0.130. The lowest BCUT2D eigenvalue weighted by Gasteiger charge is -2.10. The third-order valence-electron chi connectivity index (χ3n) is 4.12. The summed E-state index contributed by atoms with van der Waals surface area (Å²) < 4.78 is 24.9. The number of hydrogen-bond donors (Lipinski definition) is 1. The smallest absolute Gasteiger partial charge is 0.152 e. The molecule has 0 aliphatic carbocycles. The van der Waals surface area contributed by atoms with E-state index in [1.807, 2.05) is 12.1 Å². The standard InChI is InChI=1S/C15H19N3O2S/c1-10-3-4-12(7-11(10)2)14-8-15(16)18(17-14)13-5-6-21(19,20)9-13/h3-4,7-8,13H,5-6,9,16H2,1-2H3/t13-/m1/s1. The van der Waals surface area contributed by atoms with Gasteiger partial charge in [-0.2, -0.15) is 5.10 Å². The van der Waals surface area contributed by atoms with Crippen LogP contribution in [0.25, 0.3) is 11.3 Å². The van der Waals surface area contributed by atoms with Crippen molar-refractivity contribution in [1.82, 2.24) is 9.78 Å². The fourth-order valence-electron chi connectivity index (χ4n) is 2.71. The van der Waals surface area contributed by atoms with Crippen LogP contribution in [0.15, 0.2) is 24.3 Å². The maximum atomic E-state index is 11.6. The van der Waals surface area contributed by atoms with E-state index in [2.05, 4.69) is 31.1 Å². The second kappa shape index (κ2) is 4.87. The molecule has 1 aliphatic heterocycles. The van der Waals surface area contributed by atoms with E-state index in [9.17, 15) is 8.42 Å². The molecular formula is C15H19N3O2S. The van der Waals surface area contributed by atoms with Crippen molar-refractivity contribution in [3.63, 3.8) is 0 Å². The Morgan fingerprint density at radius 1 is 1.24 bits per heavy atom. The molecule has 0 amide bonds. The normalized spacial score (nSPS) is 20.8. The van der Waals surface area contributed by atoms with Crippen LogP contribution >= 0.6 is 0 Å². The van der Waals surface area contributed by atoms with E-state index >= 15 is 0 Å². The van der Waals surface area contributed by atoms with Crippen molar-refractivity contribution < 1.29 is 8.42 Å². The third-order valence-corrected chi connectivity index (χ3v) is 5.87. The largest absolute Gasteiger partial charge is 0.384 e. The molecular weight excluding hydrogens is 286 g/mol. The molecule has 1 fully saturated rings. The summed E-state index contributed by atoms with van der Waals surface area (Å²) in [5.41, 5.74) is 10.2. The monoisotopic (exact) mass is 305 g/mol. The Morgan fingerprint density at radius 3 is 2.62 bits per heavy atom. The van der Waals surface area contributed by atoms with E-state index in [1.165, 1.54) is 11.1 Å². The van der Waals surface area contributed by atoms with Gasteiger partial charge >= 0.3 is 0 Å². The van der Waals surface area contributed by atoms with Gasteiger partial charge in [-0.1, -0.05) is 12.1 Å². The second-order valence-electron chi connectivity index (χ2n) is 5.75. The summed E-state index contributed by atoms with van der Waals surface area (Å²) in [5.74, 6) is 0.867. The Bertz CT molecular complexity index is 793. The van der Waals surface area contributed by atoms with Gasteiger partial charge in [0.05, 0.1) is 23.2 Å². The van der Waals surface area contributed by atoms with Crippen LogP contribution in [-0.2, 0) is 9.84 Å². The first-order valence-corrected chi connectivity index (χ1v) is 8.81. The topological polar surface area (TPSA) is 78.0 Å². The van der Waals surface area contributed by atoms with Crippen molar-refractivity contribution in [3.05, 3.63) is 35.4 Å². The van der Waals surface area contributed by atoms with E-state index in [1.54, 1.807) is 4.68 Å². The average molecular weight is 305 g/mol. The van der Waals surface area contributed by atoms with Crippen LogP contribution in [-0.4, -0.2) is 29.7 Å². The number of sulfone groups is 1.